The number of para-hydroxylation sites is 1. The zero-order valence-electron chi connectivity index (χ0n) is 13.6. The number of hydrogen-bond donors (Lipinski definition) is 2. The maximum atomic E-state index is 12.9. The Morgan fingerprint density at radius 1 is 1.16 bits per heavy atom. The van der Waals surface area contributed by atoms with E-state index < -0.39 is 17.4 Å². The summed E-state index contributed by atoms with van der Waals surface area (Å²) in [6, 6.07) is 14.9. The Morgan fingerprint density at radius 3 is 2.52 bits per heavy atom. The molecule has 1 saturated heterocycles. The Labute approximate surface area is 145 Å². The fourth-order valence-corrected chi connectivity index (χ4v) is 2.89. The molecule has 3 rings (SSSR count). The van der Waals surface area contributed by atoms with Crippen LogP contribution in [0.25, 0.3) is 0 Å². The third-order valence-corrected chi connectivity index (χ3v) is 4.35. The number of carbonyl (C=O) groups excluding carboxylic acids is 2. The number of amides is 2. The number of nitrogens with zero attached hydrogens (tertiary/aromatic N) is 1. The van der Waals surface area contributed by atoms with E-state index in [4.69, 9.17) is 0 Å². The van der Waals surface area contributed by atoms with Crippen LogP contribution in [0.15, 0.2) is 54.6 Å². The summed E-state index contributed by atoms with van der Waals surface area (Å²) in [5.41, 5.74) is -0.529. The smallest absolute Gasteiger partial charge is 0.268 e. The lowest BCUT2D eigenvalue weighted by Gasteiger charge is -2.21. The summed E-state index contributed by atoms with van der Waals surface area (Å²) in [5.74, 6) is -1.63. The second-order valence-corrected chi connectivity index (χ2v) is 6.03. The Bertz CT molecular complexity index is 764. The van der Waals surface area contributed by atoms with Crippen molar-refractivity contribution in [2.24, 2.45) is 0 Å². The van der Waals surface area contributed by atoms with Crippen LogP contribution in [0.1, 0.15) is 12.0 Å². The third kappa shape index (κ3) is 3.53. The van der Waals surface area contributed by atoms with Gasteiger partial charge in [-0.25, -0.2) is 4.39 Å². The second-order valence-electron chi connectivity index (χ2n) is 6.03. The van der Waals surface area contributed by atoms with Crippen LogP contribution in [0, 0.1) is 5.82 Å². The maximum absolute atomic E-state index is 12.9. The SMILES string of the molecule is O=C(NCCc1ccc(F)cc1)[C@@]1(O)CCN(c2ccccc2)C1=O. The van der Waals surface area contributed by atoms with E-state index in [1.165, 1.54) is 17.0 Å². The van der Waals surface area contributed by atoms with Gasteiger partial charge in [0.05, 0.1) is 0 Å². The molecule has 2 amide bonds. The zero-order valence-corrected chi connectivity index (χ0v) is 13.6. The van der Waals surface area contributed by atoms with Gasteiger partial charge in [-0.1, -0.05) is 30.3 Å². The number of anilines is 1. The predicted molar refractivity (Wildman–Crippen MR) is 91.5 cm³/mol. The third-order valence-electron chi connectivity index (χ3n) is 4.35. The number of benzene rings is 2. The van der Waals surface area contributed by atoms with Gasteiger partial charge in [0.1, 0.15) is 5.82 Å². The predicted octanol–water partition coefficient (Wildman–Crippen LogP) is 1.65. The molecule has 2 N–H and O–H groups in total. The molecule has 2 aromatic carbocycles. The summed E-state index contributed by atoms with van der Waals surface area (Å²) in [6.45, 7) is 0.538. The Balaban J connectivity index is 1.59. The van der Waals surface area contributed by atoms with Crippen molar-refractivity contribution in [3.63, 3.8) is 0 Å². The van der Waals surface area contributed by atoms with Crippen molar-refractivity contribution in [1.82, 2.24) is 5.32 Å². The molecule has 0 bridgehead atoms. The van der Waals surface area contributed by atoms with Crippen LogP contribution in [0.5, 0.6) is 0 Å². The number of hydrogen-bond acceptors (Lipinski definition) is 3. The summed E-state index contributed by atoms with van der Waals surface area (Å²) < 4.78 is 12.9. The molecule has 1 aliphatic heterocycles. The van der Waals surface area contributed by atoms with Crippen molar-refractivity contribution in [3.05, 3.63) is 66.0 Å². The van der Waals surface area contributed by atoms with Crippen LogP contribution in [0.4, 0.5) is 10.1 Å². The minimum atomic E-state index is -2.04. The van der Waals surface area contributed by atoms with Gasteiger partial charge in [-0.3, -0.25) is 9.59 Å². The van der Waals surface area contributed by atoms with E-state index in [9.17, 15) is 19.1 Å². The van der Waals surface area contributed by atoms with Crippen molar-refractivity contribution in [2.45, 2.75) is 18.4 Å². The minimum Gasteiger partial charge on any atom is -0.372 e. The van der Waals surface area contributed by atoms with E-state index in [0.29, 0.717) is 12.1 Å². The van der Waals surface area contributed by atoms with Gasteiger partial charge in [-0.05, 0) is 36.2 Å². The molecule has 0 aliphatic carbocycles. The van der Waals surface area contributed by atoms with Crippen molar-refractivity contribution in [2.75, 3.05) is 18.0 Å². The van der Waals surface area contributed by atoms with E-state index in [2.05, 4.69) is 5.32 Å². The second kappa shape index (κ2) is 7.03. The van der Waals surface area contributed by atoms with E-state index in [1.807, 2.05) is 6.07 Å². The fourth-order valence-electron chi connectivity index (χ4n) is 2.89. The lowest BCUT2D eigenvalue weighted by molar-refractivity contribution is -0.149. The first kappa shape index (κ1) is 17.1. The summed E-state index contributed by atoms with van der Waals surface area (Å²) in [5, 5.41) is 13.1. The molecular formula is C19H19FN2O3. The molecule has 1 atom stereocenters. The first-order valence-corrected chi connectivity index (χ1v) is 8.13. The largest absolute Gasteiger partial charge is 0.372 e. The summed E-state index contributed by atoms with van der Waals surface area (Å²) >= 11 is 0. The zero-order chi connectivity index (χ0) is 17.9. The topological polar surface area (TPSA) is 69.6 Å². The summed E-state index contributed by atoms with van der Waals surface area (Å²) in [7, 11) is 0. The highest BCUT2D eigenvalue weighted by molar-refractivity contribution is 6.16. The molecule has 130 valence electrons. The molecule has 2 aromatic rings. The first-order chi connectivity index (χ1) is 12.0. The number of carbonyl (C=O) groups is 2. The highest BCUT2D eigenvalue weighted by Gasteiger charge is 2.51. The van der Waals surface area contributed by atoms with Crippen LogP contribution in [0.2, 0.25) is 0 Å². The van der Waals surface area contributed by atoms with Crippen LogP contribution in [0.3, 0.4) is 0 Å². The number of nitrogens with one attached hydrogen (secondary N) is 1. The Kier molecular flexibility index (Phi) is 4.81. The maximum Gasteiger partial charge on any atom is 0.268 e. The molecule has 0 unspecified atom stereocenters. The molecule has 6 heteroatoms. The molecule has 5 nitrogen and oxygen atoms in total. The summed E-state index contributed by atoms with van der Waals surface area (Å²) in [6.07, 6.45) is 0.530. The normalized spacial score (nSPS) is 19.9. The van der Waals surface area contributed by atoms with Crippen molar-refractivity contribution >= 4 is 17.5 Å². The molecule has 0 aromatic heterocycles. The highest BCUT2D eigenvalue weighted by atomic mass is 19.1. The molecule has 0 saturated carbocycles. The van der Waals surface area contributed by atoms with Crippen LogP contribution in [-0.4, -0.2) is 35.6 Å². The minimum absolute atomic E-state index is 0.0448. The molecule has 25 heavy (non-hydrogen) atoms. The van der Waals surface area contributed by atoms with Gasteiger partial charge in [0.25, 0.3) is 11.8 Å². The van der Waals surface area contributed by atoms with Gasteiger partial charge in [0.2, 0.25) is 5.60 Å². The van der Waals surface area contributed by atoms with Crippen LogP contribution >= 0.6 is 0 Å². The number of halogens is 1. The highest BCUT2D eigenvalue weighted by Crippen LogP contribution is 2.28. The van der Waals surface area contributed by atoms with Gasteiger partial charge in [0.15, 0.2) is 0 Å². The average Bonchev–Trinajstić information content (AvgIpc) is 2.94. The lowest BCUT2D eigenvalue weighted by Crippen LogP contribution is -2.52. The summed E-state index contributed by atoms with van der Waals surface area (Å²) in [4.78, 5) is 26.3. The molecule has 0 spiro atoms. The van der Waals surface area contributed by atoms with E-state index in [-0.39, 0.29) is 25.3 Å². The average molecular weight is 342 g/mol. The van der Waals surface area contributed by atoms with E-state index in [1.54, 1.807) is 36.4 Å². The standard InChI is InChI=1S/C19H19FN2O3/c20-15-8-6-14(7-9-15)10-12-21-17(23)19(25)11-13-22(18(19)24)16-4-2-1-3-5-16/h1-9,25H,10-13H2,(H,21,23)/t19-/m0/s1. The molecule has 1 fully saturated rings. The van der Waals surface area contributed by atoms with Crippen LogP contribution in [-0.2, 0) is 16.0 Å². The van der Waals surface area contributed by atoms with Gasteiger partial charge in [-0.2, -0.15) is 0 Å². The lowest BCUT2D eigenvalue weighted by atomic mass is 10.0. The van der Waals surface area contributed by atoms with Crippen molar-refractivity contribution in [1.29, 1.82) is 0 Å². The van der Waals surface area contributed by atoms with Gasteiger partial charge in [-0.15, -0.1) is 0 Å². The number of aliphatic hydroxyl groups is 1. The fraction of sp³-hybridized carbons (Fsp3) is 0.263. The van der Waals surface area contributed by atoms with E-state index in [0.717, 1.165) is 5.56 Å². The molecule has 1 aliphatic rings. The molecular weight excluding hydrogens is 323 g/mol. The molecule has 0 radical (unpaired) electrons. The van der Waals surface area contributed by atoms with E-state index >= 15 is 0 Å². The van der Waals surface area contributed by atoms with Gasteiger partial charge in [0, 0.05) is 25.2 Å². The quantitative estimate of drug-likeness (QED) is 0.812. The van der Waals surface area contributed by atoms with Gasteiger partial charge >= 0.3 is 0 Å². The Hall–Kier alpha value is -2.73. The van der Waals surface area contributed by atoms with Crippen molar-refractivity contribution < 1.29 is 19.1 Å². The van der Waals surface area contributed by atoms with Crippen molar-refractivity contribution in [3.8, 4) is 0 Å². The number of rotatable bonds is 5. The van der Waals surface area contributed by atoms with Crippen LogP contribution < -0.4 is 10.2 Å². The first-order valence-electron chi connectivity index (χ1n) is 8.13. The van der Waals surface area contributed by atoms with Gasteiger partial charge < -0.3 is 15.3 Å². The monoisotopic (exact) mass is 342 g/mol. The Morgan fingerprint density at radius 2 is 1.84 bits per heavy atom. The molecule has 1 heterocycles.